The third kappa shape index (κ3) is 6.40. The molecule has 1 N–H and O–H groups in total. The van der Waals surface area contributed by atoms with Gasteiger partial charge in [-0.2, -0.15) is 0 Å². The number of unbranched alkanes of at least 4 members (excludes halogenated alkanes) is 1. The summed E-state index contributed by atoms with van der Waals surface area (Å²) in [5.41, 5.74) is 4.14. The number of aromatic nitrogens is 2. The van der Waals surface area contributed by atoms with Gasteiger partial charge in [-0.3, -0.25) is 17.8 Å². The highest BCUT2D eigenvalue weighted by molar-refractivity contribution is 14.1. The number of fused-ring (bicyclic) bond motifs is 1. The second-order valence-corrected chi connectivity index (χ2v) is 13.2. The molecule has 2 aromatic heterocycles. The lowest BCUT2D eigenvalue weighted by molar-refractivity contribution is -0.143. The number of hydrogen-bond acceptors (Lipinski definition) is 5. The molecule has 0 aromatic carbocycles. The van der Waals surface area contributed by atoms with Gasteiger partial charge in [0, 0.05) is 51.6 Å². The van der Waals surface area contributed by atoms with E-state index in [1.165, 1.54) is 18.4 Å². The summed E-state index contributed by atoms with van der Waals surface area (Å²) in [5.74, 6) is 0.475. The number of alkyl halides is 1. The van der Waals surface area contributed by atoms with Crippen LogP contribution in [0.15, 0.2) is 24.4 Å². The van der Waals surface area contributed by atoms with E-state index in [9.17, 15) is 9.90 Å². The second kappa shape index (κ2) is 12.4. The van der Waals surface area contributed by atoms with Gasteiger partial charge in [-0.1, -0.05) is 18.9 Å². The molecule has 37 heavy (non-hydrogen) atoms. The van der Waals surface area contributed by atoms with Crippen molar-refractivity contribution in [2.75, 3.05) is 22.7 Å². The molecule has 0 amide bonds. The lowest BCUT2D eigenvalue weighted by Gasteiger charge is -2.31. The van der Waals surface area contributed by atoms with Crippen LogP contribution in [0.5, 0.6) is 0 Å². The second-order valence-electron chi connectivity index (χ2n) is 10.8. The molecule has 0 radical (unpaired) electrons. The Hall–Kier alpha value is -1.08. The van der Waals surface area contributed by atoms with E-state index in [1.54, 1.807) is 0 Å². The molecule has 4 heterocycles. The molecule has 0 spiro atoms. The molecule has 9 heteroatoms. The molecular formula is C28H35FI2N4O2. The molecule has 1 saturated carbocycles. The van der Waals surface area contributed by atoms with E-state index in [0.717, 1.165) is 71.4 Å². The number of hydrogen-bond donors (Lipinski definition) is 1. The van der Waals surface area contributed by atoms with E-state index in [4.69, 9.17) is 4.98 Å². The van der Waals surface area contributed by atoms with E-state index in [0.29, 0.717) is 31.8 Å². The molecule has 2 aliphatic heterocycles. The van der Waals surface area contributed by atoms with Crippen LogP contribution in [0, 0.1) is 9.49 Å². The minimum Gasteiger partial charge on any atom is -0.480 e. The maximum atomic E-state index is 15.3. The Labute approximate surface area is 246 Å². The maximum Gasteiger partial charge on any atom is 0.325 e. The fourth-order valence-electron chi connectivity index (χ4n) is 5.99. The third-order valence-electron chi connectivity index (χ3n) is 8.28. The number of aryl methyl sites for hydroxylation is 2. The topological polar surface area (TPSA) is 69.6 Å². The average Bonchev–Trinajstić information content (AvgIpc) is 3.32. The zero-order chi connectivity index (χ0) is 25.9. The number of rotatable bonds is 10. The van der Waals surface area contributed by atoms with Crippen molar-refractivity contribution in [3.8, 4) is 0 Å². The van der Waals surface area contributed by atoms with Gasteiger partial charge in [-0.05, 0) is 98.2 Å². The summed E-state index contributed by atoms with van der Waals surface area (Å²) in [4.78, 5) is 23.9. The van der Waals surface area contributed by atoms with Crippen LogP contribution < -0.4 is 3.11 Å². The van der Waals surface area contributed by atoms with Crippen molar-refractivity contribution in [2.45, 2.75) is 82.3 Å². The van der Waals surface area contributed by atoms with Gasteiger partial charge in [0.2, 0.25) is 0 Å². The van der Waals surface area contributed by atoms with Crippen LogP contribution in [-0.2, 0) is 17.6 Å². The zero-order valence-electron chi connectivity index (χ0n) is 21.1. The van der Waals surface area contributed by atoms with Gasteiger partial charge < -0.3 is 5.11 Å². The summed E-state index contributed by atoms with van der Waals surface area (Å²) in [6.07, 6.45) is 10.3. The molecule has 5 rings (SSSR count). The molecule has 3 atom stereocenters. The van der Waals surface area contributed by atoms with Crippen molar-refractivity contribution in [1.82, 2.24) is 14.9 Å². The molecule has 1 saturated heterocycles. The summed E-state index contributed by atoms with van der Waals surface area (Å²) in [6, 6.07) is 5.56. The molecule has 2 unspecified atom stereocenters. The number of carboxylic acids is 1. The SMILES string of the molecule is O=C(O)[C@@H](c1cc(I)cnc1C1CCC1)N1CCC(C(F)CCCCc2ccc3c(n2)N(I)CCC3)C1. The summed E-state index contributed by atoms with van der Waals surface area (Å²) >= 11 is 4.54. The van der Waals surface area contributed by atoms with E-state index in [1.807, 2.05) is 17.2 Å². The van der Waals surface area contributed by atoms with Gasteiger partial charge in [0.1, 0.15) is 18.0 Å². The smallest absolute Gasteiger partial charge is 0.325 e. The minimum atomic E-state index is -0.902. The van der Waals surface area contributed by atoms with E-state index in [2.05, 4.69) is 65.7 Å². The van der Waals surface area contributed by atoms with Crippen LogP contribution >= 0.6 is 45.5 Å². The molecule has 2 aromatic rings. The number of anilines is 1. The number of pyridine rings is 2. The highest BCUT2D eigenvalue weighted by Crippen LogP contribution is 2.41. The summed E-state index contributed by atoms with van der Waals surface area (Å²) in [6.45, 7) is 2.14. The van der Waals surface area contributed by atoms with Crippen LogP contribution in [0.1, 0.15) is 85.8 Å². The number of likely N-dealkylation sites (tertiary alicyclic amines) is 1. The Morgan fingerprint density at radius 2 is 2.03 bits per heavy atom. The van der Waals surface area contributed by atoms with Crippen molar-refractivity contribution < 1.29 is 14.3 Å². The molecule has 1 aliphatic carbocycles. The van der Waals surface area contributed by atoms with E-state index in [-0.39, 0.29) is 5.92 Å². The molecule has 200 valence electrons. The first-order chi connectivity index (χ1) is 17.9. The van der Waals surface area contributed by atoms with Gasteiger partial charge in [-0.15, -0.1) is 0 Å². The summed E-state index contributed by atoms with van der Waals surface area (Å²) in [7, 11) is 0. The third-order valence-corrected chi connectivity index (χ3v) is 9.81. The van der Waals surface area contributed by atoms with Gasteiger partial charge in [0.15, 0.2) is 0 Å². The molecular weight excluding hydrogens is 697 g/mol. The van der Waals surface area contributed by atoms with E-state index < -0.39 is 18.2 Å². The standard InChI is InChI=1S/C28H35FI2N4O2/c29-24(9-2-1-8-22-11-10-19-7-4-13-35(31)27(19)33-22)20-12-14-34(17-20)26(28(36)37)23-15-21(30)16-32-25(23)18-5-3-6-18/h10-11,15-16,18,20,24,26H,1-9,12-14,17H2,(H,36,37)/t20?,24?,26-/m1/s1. The largest absolute Gasteiger partial charge is 0.480 e. The minimum absolute atomic E-state index is 0.112. The van der Waals surface area contributed by atoms with Gasteiger partial charge in [0.05, 0.1) is 22.9 Å². The monoisotopic (exact) mass is 732 g/mol. The van der Waals surface area contributed by atoms with Gasteiger partial charge in [0.25, 0.3) is 0 Å². The number of nitrogens with zero attached hydrogens (tertiary/aromatic N) is 4. The number of halogens is 3. The van der Waals surface area contributed by atoms with Crippen LogP contribution in [0.2, 0.25) is 0 Å². The number of aliphatic carboxylic acids is 1. The predicted molar refractivity (Wildman–Crippen MR) is 160 cm³/mol. The normalized spacial score (nSPS) is 21.9. The fourth-order valence-corrected chi connectivity index (χ4v) is 7.23. The zero-order valence-corrected chi connectivity index (χ0v) is 25.4. The number of carbonyl (C=O) groups is 1. The highest BCUT2D eigenvalue weighted by Gasteiger charge is 2.39. The summed E-state index contributed by atoms with van der Waals surface area (Å²) in [5, 5.41) is 10.2. The van der Waals surface area contributed by atoms with Crippen LogP contribution in [-0.4, -0.2) is 51.7 Å². The quantitative estimate of drug-likeness (QED) is 0.168. The first-order valence-corrected chi connectivity index (χ1v) is 15.6. The van der Waals surface area contributed by atoms with E-state index >= 15 is 4.39 Å². The lowest BCUT2D eigenvalue weighted by Crippen LogP contribution is -2.35. The molecule has 2 fully saturated rings. The van der Waals surface area contributed by atoms with Crippen molar-refractivity contribution in [1.29, 1.82) is 0 Å². The van der Waals surface area contributed by atoms with Crippen LogP contribution in [0.3, 0.4) is 0 Å². The molecule has 0 bridgehead atoms. The van der Waals surface area contributed by atoms with Crippen molar-refractivity contribution in [3.63, 3.8) is 0 Å². The van der Waals surface area contributed by atoms with Crippen LogP contribution in [0.4, 0.5) is 10.2 Å². The van der Waals surface area contributed by atoms with Crippen LogP contribution in [0.25, 0.3) is 0 Å². The lowest BCUT2D eigenvalue weighted by atomic mass is 9.80. The average molecular weight is 732 g/mol. The maximum absolute atomic E-state index is 15.3. The Balaban J connectivity index is 1.15. The first kappa shape index (κ1) is 27.5. The van der Waals surface area contributed by atoms with Crippen molar-refractivity contribution in [3.05, 3.63) is 50.5 Å². The van der Waals surface area contributed by atoms with Gasteiger partial charge in [-0.25, -0.2) is 9.37 Å². The fraction of sp³-hybridized carbons (Fsp3) is 0.607. The first-order valence-electron chi connectivity index (χ1n) is 13.6. The van der Waals surface area contributed by atoms with Crippen molar-refractivity contribution in [2.24, 2.45) is 5.92 Å². The Morgan fingerprint density at radius 1 is 1.19 bits per heavy atom. The number of carboxylic acid groups (broad SMARTS) is 1. The Morgan fingerprint density at radius 3 is 2.78 bits per heavy atom. The molecule has 6 nitrogen and oxygen atoms in total. The highest BCUT2D eigenvalue weighted by atomic mass is 127. The predicted octanol–water partition coefficient (Wildman–Crippen LogP) is 6.65. The Kier molecular flexibility index (Phi) is 9.21. The van der Waals surface area contributed by atoms with Crippen molar-refractivity contribution >= 4 is 57.2 Å². The van der Waals surface area contributed by atoms with Gasteiger partial charge >= 0.3 is 5.97 Å². The molecule has 3 aliphatic rings. The Bertz CT molecular complexity index is 1120. The summed E-state index contributed by atoms with van der Waals surface area (Å²) < 4.78 is 18.4.